The molecule has 0 aliphatic carbocycles. The van der Waals surface area contributed by atoms with E-state index in [4.69, 9.17) is 14.3 Å². The number of carbonyl (C=O) groups is 4. The topological polar surface area (TPSA) is 179 Å². The molecular weight excluding hydrogens is 989 g/mol. The molecule has 1 unspecified atom stereocenters. The number of hydrogen-bond donors (Lipinski definition) is 2. The van der Waals surface area contributed by atoms with Crippen LogP contribution in [0.2, 0.25) is 0 Å². The molecule has 19 heteroatoms. The van der Waals surface area contributed by atoms with Gasteiger partial charge in [-0.3, -0.25) is 19.8 Å². The second-order valence-corrected chi connectivity index (χ2v) is 21.7. The van der Waals surface area contributed by atoms with Crippen LogP contribution in [-0.2, 0) is 41.3 Å². The molecule has 72 heavy (non-hydrogen) atoms. The molecule has 15 nitrogen and oxygen atoms in total. The van der Waals surface area contributed by atoms with Crippen molar-refractivity contribution < 1.29 is 33.5 Å². The van der Waals surface area contributed by atoms with Crippen LogP contribution in [0.3, 0.4) is 0 Å². The van der Waals surface area contributed by atoms with Gasteiger partial charge in [-0.15, -0.1) is 40.0 Å². The number of carbonyl (C=O) groups excluding carboxylic acids is 4. The van der Waals surface area contributed by atoms with E-state index in [1.165, 1.54) is 45.0 Å². The number of aryl methyl sites for hydroxylation is 1. The van der Waals surface area contributed by atoms with E-state index in [-0.39, 0.29) is 22.2 Å². The van der Waals surface area contributed by atoms with Crippen LogP contribution in [0.15, 0.2) is 184 Å². The number of amides is 3. The van der Waals surface area contributed by atoms with Crippen molar-refractivity contribution in [3.05, 3.63) is 207 Å². The van der Waals surface area contributed by atoms with Gasteiger partial charge in [0.2, 0.25) is 5.60 Å². The fraction of sp³-hybridized carbons (Fsp3) is 0.208. The molecule has 366 valence electrons. The molecule has 1 fully saturated rings. The average Bonchev–Trinajstić information content (AvgIpc) is 4.04. The Morgan fingerprint density at radius 2 is 1.36 bits per heavy atom. The van der Waals surface area contributed by atoms with Crippen LogP contribution in [-0.4, -0.2) is 82.3 Å². The van der Waals surface area contributed by atoms with Crippen molar-refractivity contribution in [3.8, 4) is 0 Å². The zero-order valence-corrected chi connectivity index (χ0v) is 42.7. The highest BCUT2D eigenvalue weighted by Gasteiger charge is 2.55. The van der Waals surface area contributed by atoms with Gasteiger partial charge < -0.3 is 19.6 Å². The third kappa shape index (κ3) is 11.1. The lowest BCUT2D eigenvalue weighted by Gasteiger charge is -2.49. The molecule has 5 aromatic carbocycles. The van der Waals surface area contributed by atoms with E-state index >= 15 is 0 Å². The van der Waals surface area contributed by atoms with Crippen molar-refractivity contribution >= 4 is 81.3 Å². The summed E-state index contributed by atoms with van der Waals surface area (Å²) in [5.74, 6) is -1.67. The summed E-state index contributed by atoms with van der Waals surface area (Å²) in [7, 11) is 1.74. The molecule has 2 N–H and O–H groups in total. The predicted octanol–water partition coefficient (Wildman–Crippen LogP) is 9.76. The lowest BCUT2D eigenvalue weighted by Crippen LogP contribution is -2.71. The van der Waals surface area contributed by atoms with Gasteiger partial charge in [-0.1, -0.05) is 169 Å². The van der Waals surface area contributed by atoms with Crippen molar-refractivity contribution in [1.82, 2.24) is 30.2 Å². The highest BCUT2D eigenvalue weighted by atomic mass is 32.2. The van der Waals surface area contributed by atoms with E-state index in [1.54, 1.807) is 39.4 Å². The number of benzene rings is 5. The summed E-state index contributed by atoms with van der Waals surface area (Å²) in [5, 5.41) is 20.9. The molecule has 2 aliphatic rings. The number of thioether (sulfide) groups is 3. The van der Waals surface area contributed by atoms with E-state index in [1.807, 2.05) is 152 Å². The molecule has 2 aliphatic heterocycles. The Bertz CT molecular complexity index is 2960. The number of β-lactam (4-membered cyclic amide) rings is 1. The van der Waals surface area contributed by atoms with Crippen LogP contribution in [0.5, 0.6) is 0 Å². The summed E-state index contributed by atoms with van der Waals surface area (Å²) >= 11 is 5.32. The largest absolute Gasteiger partial charge is 0.448 e. The molecule has 1 saturated heterocycles. The Kier molecular flexibility index (Phi) is 15.3. The molecule has 3 amide bonds. The third-order valence-corrected chi connectivity index (χ3v) is 15.6. The van der Waals surface area contributed by atoms with Gasteiger partial charge in [0.1, 0.15) is 33.4 Å². The van der Waals surface area contributed by atoms with Crippen LogP contribution in [0.1, 0.15) is 60.4 Å². The Morgan fingerprint density at radius 3 is 1.89 bits per heavy atom. The maximum Gasteiger partial charge on any atom is 0.413 e. The van der Waals surface area contributed by atoms with Crippen LogP contribution in [0, 0.1) is 0 Å². The van der Waals surface area contributed by atoms with Gasteiger partial charge in [-0.05, 0) is 31.9 Å². The van der Waals surface area contributed by atoms with Gasteiger partial charge in [-0.25, -0.2) is 14.6 Å². The predicted molar refractivity (Wildman–Crippen MR) is 281 cm³/mol. The number of anilines is 1. The summed E-state index contributed by atoms with van der Waals surface area (Å²) in [6, 6.07) is 46.3. The highest BCUT2D eigenvalue weighted by Crippen LogP contribution is 2.46. The summed E-state index contributed by atoms with van der Waals surface area (Å²) < 4.78 is 11.9. The first-order valence-corrected chi connectivity index (χ1v) is 26.6. The molecule has 0 spiro atoms. The fourth-order valence-corrected chi connectivity index (χ4v) is 12.3. The summed E-state index contributed by atoms with van der Waals surface area (Å²) in [6.45, 7) is 5.23. The minimum absolute atomic E-state index is 0.0582. The molecule has 4 heterocycles. The van der Waals surface area contributed by atoms with Crippen LogP contribution in [0.4, 0.5) is 9.93 Å². The van der Waals surface area contributed by atoms with Crippen molar-refractivity contribution in [2.45, 2.75) is 54.5 Å². The number of thiazole rings is 1. The Labute approximate surface area is 432 Å². The van der Waals surface area contributed by atoms with E-state index in [9.17, 15) is 19.2 Å². The van der Waals surface area contributed by atoms with Crippen LogP contribution in [0.25, 0.3) is 0 Å². The molecule has 0 radical (unpaired) electrons. The quantitative estimate of drug-likeness (QED) is 0.0168. The molecule has 2 atom stereocenters. The summed E-state index contributed by atoms with van der Waals surface area (Å²) in [4.78, 5) is 72.1. The summed E-state index contributed by atoms with van der Waals surface area (Å²) in [6.07, 6.45) is 0.141. The zero-order valence-electron chi connectivity index (χ0n) is 39.4. The number of nitrogens with one attached hydrogen (secondary N) is 2. The number of rotatable bonds is 17. The Balaban J connectivity index is 1.05. The van der Waals surface area contributed by atoms with Crippen LogP contribution >= 0.6 is 46.6 Å². The minimum Gasteiger partial charge on any atom is -0.448 e. The van der Waals surface area contributed by atoms with Crippen molar-refractivity contribution in [2.75, 3.05) is 16.2 Å². The lowest BCUT2D eigenvalue weighted by atomic mass is 9.80. The lowest BCUT2D eigenvalue weighted by molar-refractivity contribution is -0.154. The van der Waals surface area contributed by atoms with Crippen molar-refractivity contribution in [3.63, 3.8) is 0 Å². The van der Waals surface area contributed by atoms with Gasteiger partial charge in [0.15, 0.2) is 16.9 Å². The average molecular weight is 1040 g/mol. The second-order valence-electron chi connectivity index (χ2n) is 17.3. The van der Waals surface area contributed by atoms with Crippen molar-refractivity contribution in [1.29, 1.82) is 0 Å². The highest BCUT2D eigenvalue weighted by molar-refractivity contribution is 8.18. The number of hydrogen-bond acceptors (Lipinski definition) is 15. The monoisotopic (exact) mass is 1040 g/mol. The number of esters is 1. The first-order chi connectivity index (χ1) is 34.9. The van der Waals surface area contributed by atoms with E-state index < -0.39 is 52.6 Å². The second kappa shape index (κ2) is 22.1. The smallest absolute Gasteiger partial charge is 0.413 e. The number of fused-ring (bicyclic) bond motifs is 1. The first kappa shape index (κ1) is 49.8. The number of nitrogens with zero attached hydrogens (tertiary/aromatic N) is 6. The van der Waals surface area contributed by atoms with Gasteiger partial charge in [0.25, 0.3) is 11.8 Å². The summed E-state index contributed by atoms with van der Waals surface area (Å²) in [5.41, 5.74) is 1.38. The molecule has 7 aromatic rings. The Hall–Kier alpha value is -7.19. The molecule has 2 aromatic heterocycles. The first-order valence-electron chi connectivity index (χ1n) is 22.7. The van der Waals surface area contributed by atoms with E-state index in [0.717, 1.165) is 39.2 Å². The number of aromatic nitrogens is 4. The van der Waals surface area contributed by atoms with Gasteiger partial charge >= 0.3 is 12.1 Å². The number of ether oxygens (including phenoxy) is 2. The number of oxime groups is 1. The van der Waals surface area contributed by atoms with Crippen LogP contribution < -0.4 is 10.6 Å². The minimum atomic E-state index is -1.39. The van der Waals surface area contributed by atoms with Gasteiger partial charge in [-0.2, -0.15) is 9.90 Å². The van der Waals surface area contributed by atoms with E-state index in [0.29, 0.717) is 20.8 Å². The molecular formula is C53H48N8O7S4. The van der Waals surface area contributed by atoms with E-state index in [2.05, 4.69) is 31.0 Å². The van der Waals surface area contributed by atoms with Crippen molar-refractivity contribution in [2.24, 2.45) is 12.2 Å². The molecule has 0 saturated carbocycles. The molecule has 0 bridgehead atoms. The zero-order chi connectivity index (χ0) is 50.2. The fourth-order valence-electron chi connectivity index (χ4n) is 8.03. The third-order valence-electron chi connectivity index (χ3n) is 11.2. The SMILES string of the molecule is Cn1ncc(SCSC2=C(C(=O)OC(c3ccccc3)c3ccccc3)N3C(=O)C(NC(=O)C(=NOC(c4ccccc4)(c4ccccc4)c4ccccc4)c4csc(NC(=O)OC(C)(C)C)n4)[C@@H]3SC2)n1. The normalized spacial score (nSPS) is 15.9. The maximum atomic E-state index is 15.0. The Morgan fingerprint density at radius 1 is 0.806 bits per heavy atom. The maximum absolute atomic E-state index is 15.0. The molecule has 9 rings (SSSR count). The van der Waals surface area contributed by atoms with Gasteiger partial charge in [0, 0.05) is 39.8 Å². The van der Waals surface area contributed by atoms with Gasteiger partial charge in [0.05, 0.1) is 11.3 Å². The standard InChI is InChI=1S/C53H48N8O7S4/c1-52(2,3)67-51(65)57-50-55-39(31-70-50)42(59-68-53(36-24-14-7-15-25-36,37-26-16-8-17-27-37)38-28-18-9-19-29-38)46(62)56-43-47(63)61-44(40(32-69-48(43)61)71-33-72-41-30-54-60(4)58-41)49(64)66-45(34-20-10-5-11-21-34)35-22-12-6-13-23-35/h5-31,43,45,48H,32-33H2,1-4H3,(H,56,62)(H,55,57,65)/t43?,48-/m0/s1.